The van der Waals surface area contributed by atoms with Crippen LogP contribution in [0.1, 0.15) is 22.3 Å². The van der Waals surface area contributed by atoms with Gasteiger partial charge in [0.25, 0.3) is 11.6 Å². The second-order valence-corrected chi connectivity index (χ2v) is 7.11. The number of halogens is 3. The summed E-state index contributed by atoms with van der Waals surface area (Å²) in [5.41, 5.74) is -0.285. The molecule has 0 saturated heterocycles. The van der Waals surface area contributed by atoms with Crippen LogP contribution in [0.25, 0.3) is 0 Å². The maximum atomic E-state index is 12.9. The second kappa shape index (κ2) is 10.5. The number of rotatable bonds is 8. The molecule has 0 saturated carbocycles. The van der Waals surface area contributed by atoms with Gasteiger partial charge in [-0.2, -0.15) is 13.2 Å². The standard InChI is InChI=1S/C23H19F3N4O4/c24-23(25,26)16-6-4-8-18(14-16)29-22(32)15-5-3-7-17(13-15)28-21(31)11-12-27-19-9-1-2-10-20(19)30(33)34/h1-10,13-14,27H,11-12H2,(H,28,31)(H,29,32). The van der Waals surface area contributed by atoms with E-state index in [0.29, 0.717) is 5.69 Å². The summed E-state index contributed by atoms with van der Waals surface area (Å²) >= 11 is 0. The number of carbonyl (C=O) groups is 2. The summed E-state index contributed by atoms with van der Waals surface area (Å²) < 4.78 is 38.6. The molecular formula is C23H19F3N4O4. The number of carbonyl (C=O) groups excluding carboxylic acids is 2. The van der Waals surface area contributed by atoms with Gasteiger partial charge in [-0.3, -0.25) is 19.7 Å². The molecule has 3 aromatic rings. The topological polar surface area (TPSA) is 113 Å². The average molecular weight is 472 g/mol. The van der Waals surface area contributed by atoms with Gasteiger partial charge in [-0.1, -0.05) is 24.3 Å². The number of nitrogens with one attached hydrogen (secondary N) is 3. The molecule has 0 aliphatic carbocycles. The van der Waals surface area contributed by atoms with E-state index < -0.39 is 28.5 Å². The molecular weight excluding hydrogens is 453 g/mol. The van der Waals surface area contributed by atoms with E-state index in [1.54, 1.807) is 12.1 Å². The molecule has 2 amide bonds. The first-order valence-corrected chi connectivity index (χ1v) is 9.99. The SMILES string of the molecule is O=C(CCNc1ccccc1[N+](=O)[O-])Nc1cccc(C(=O)Nc2cccc(C(F)(F)F)c2)c1. The van der Waals surface area contributed by atoms with Gasteiger partial charge in [0.2, 0.25) is 5.91 Å². The van der Waals surface area contributed by atoms with Gasteiger partial charge in [-0.25, -0.2) is 0 Å². The van der Waals surface area contributed by atoms with Gasteiger partial charge in [-0.05, 0) is 42.5 Å². The Labute approximate surface area is 191 Å². The number of anilines is 3. The van der Waals surface area contributed by atoms with Gasteiger partial charge in [0.1, 0.15) is 5.69 Å². The largest absolute Gasteiger partial charge is 0.416 e. The van der Waals surface area contributed by atoms with E-state index in [0.717, 1.165) is 12.1 Å². The molecule has 11 heteroatoms. The highest BCUT2D eigenvalue weighted by Crippen LogP contribution is 2.30. The van der Waals surface area contributed by atoms with E-state index >= 15 is 0 Å². The van der Waals surface area contributed by atoms with Crippen molar-refractivity contribution in [2.24, 2.45) is 0 Å². The van der Waals surface area contributed by atoms with Crippen molar-refractivity contribution < 1.29 is 27.7 Å². The van der Waals surface area contributed by atoms with Crippen LogP contribution in [0.3, 0.4) is 0 Å². The lowest BCUT2D eigenvalue weighted by Crippen LogP contribution is -2.17. The van der Waals surface area contributed by atoms with Crippen molar-refractivity contribution in [2.45, 2.75) is 12.6 Å². The van der Waals surface area contributed by atoms with E-state index in [2.05, 4.69) is 16.0 Å². The molecule has 0 unspecified atom stereocenters. The van der Waals surface area contributed by atoms with Crippen molar-refractivity contribution in [3.8, 4) is 0 Å². The lowest BCUT2D eigenvalue weighted by Gasteiger charge is -2.11. The molecule has 176 valence electrons. The van der Waals surface area contributed by atoms with Gasteiger partial charge in [0.05, 0.1) is 10.5 Å². The molecule has 8 nitrogen and oxygen atoms in total. The molecule has 3 N–H and O–H groups in total. The van der Waals surface area contributed by atoms with Crippen molar-refractivity contribution >= 4 is 34.6 Å². The number of hydrogen-bond acceptors (Lipinski definition) is 5. The zero-order valence-electron chi connectivity index (χ0n) is 17.6. The third-order valence-electron chi connectivity index (χ3n) is 4.62. The van der Waals surface area contributed by atoms with Crippen LogP contribution in [0.2, 0.25) is 0 Å². The first-order valence-electron chi connectivity index (χ1n) is 9.99. The number of nitro benzene ring substituents is 1. The molecule has 34 heavy (non-hydrogen) atoms. The van der Waals surface area contributed by atoms with E-state index in [1.165, 1.54) is 48.5 Å². The fraction of sp³-hybridized carbons (Fsp3) is 0.130. The number of hydrogen-bond donors (Lipinski definition) is 3. The summed E-state index contributed by atoms with van der Waals surface area (Å²) in [6.07, 6.45) is -4.54. The lowest BCUT2D eigenvalue weighted by molar-refractivity contribution is -0.384. The summed E-state index contributed by atoms with van der Waals surface area (Å²) in [4.78, 5) is 35.2. The lowest BCUT2D eigenvalue weighted by atomic mass is 10.1. The molecule has 0 aromatic heterocycles. The van der Waals surface area contributed by atoms with Gasteiger partial charge >= 0.3 is 6.18 Å². The summed E-state index contributed by atoms with van der Waals surface area (Å²) in [5.74, 6) is -1.05. The summed E-state index contributed by atoms with van der Waals surface area (Å²) in [7, 11) is 0. The highest BCUT2D eigenvalue weighted by atomic mass is 19.4. The van der Waals surface area contributed by atoms with Crippen LogP contribution < -0.4 is 16.0 Å². The van der Waals surface area contributed by atoms with Crippen molar-refractivity contribution in [2.75, 3.05) is 22.5 Å². The Morgan fingerprint density at radius 3 is 2.26 bits per heavy atom. The van der Waals surface area contributed by atoms with Crippen molar-refractivity contribution in [3.63, 3.8) is 0 Å². The first-order chi connectivity index (χ1) is 16.1. The maximum absolute atomic E-state index is 12.9. The van der Waals surface area contributed by atoms with Crippen LogP contribution in [0, 0.1) is 10.1 Å². The number of nitrogens with zero attached hydrogens (tertiary/aromatic N) is 1. The highest BCUT2D eigenvalue weighted by molar-refractivity contribution is 6.05. The molecule has 0 atom stereocenters. The minimum atomic E-state index is -4.54. The van der Waals surface area contributed by atoms with Crippen LogP contribution in [0.4, 0.5) is 35.9 Å². The highest BCUT2D eigenvalue weighted by Gasteiger charge is 2.30. The van der Waals surface area contributed by atoms with E-state index in [-0.39, 0.29) is 35.6 Å². The number of amides is 2. The minimum absolute atomic E-state index is 0.00723. The zero-order chi connectivity index (χ0) is 24.7. The third kappa shape index (κ3) is 6.55. The number of alkyl halides is 3. The molecule has 0 aliphatic rings. The minimum Gasteiger partial charge on any atom is -0.379 e. The van der Waals surface area contributed by atoms with Gasteiger partial charge in [-0.15, -0.1) is 0 Å². The Balaban J connectivity index is 1.57. The van der Waals surface area contributed by atoms with Crippen LogP contribution >= 0.6 is 0 Å². The number of nitro groups is 1. The van der Waals surface area contributed by atoms with Crippen LogP contribution in [-0.2, 0) is 11.0 Å². The van der Waals surface area contributed by atoms with E-state index in [9.17, 15) is 32.9 Å². The van der Waals surface area contributed by atoms with Crippen molar-refractivity contribution in [1.29, 1.82) is 0 Å². The van der Waals surface area contributed by atoms with Crippen LogP contribution in [-0.4, -0.2) is 23.3 Å². The Hall–Kier alpha value is -4.41. The Morgan fingerprint density at radius 1 is 0.882 bits per heavy atom. The quantitative estimate of drug-likeness (QED) is 0.304. The first kappa shape index (κ1) is 24.2. The van der Waals surface area contributed by atoms with Gasteiger partial charge in [0.15, 0.2) is 0 Å². The van der Waals surface area contributed by atoms with Crippen LogP contribution in [0.15, 0.2) is 72.8 Å². The zero-order valence-corrected chi connectivity index (χ0v) is 17.6. The average Bonchev–Trinajstić information content (AvgIpc) is 2.79. The fourth-order valence-corrected chi connectivity index (χ4v) is 3.03. The maximum Gasteiger partial charge on any atom is 0.416 e. The van der Waals surface area contributed by atoms with E-state index in [1.807, 2.05) is 0 Å². The molecule has 0 spiro atoms. The van der Waals surface area contributed by atoms with Crippen molar-refractivity contribution in [3.05, 3.63) is 94.0 Å². The monoisotopic (exact) mass is 472 g/mol. The fourth-order valence-electron chi connectivity index (χ4n) is 3.03. The Bertz CT molecular complexity index is 1210. The molecule has 0 heterocycles. The van der Waals surface area contributed by atoms with Crippen LogP contribution in [0.5, 0.6) is 0 Å². The molecule has 3 rings (SSSR count). The molecule has 0 fully saturated rings. The number of para-hydroxylation sites is 2. The van der Waals surface area contributed by atoms with Gasteiger partial charge < -0.3 is 16.0 Å². The summed E-state index contributed by atoms with van der Waals surface area (Å²) in [5, 5.41) is 18.9. The molecule has 0 aliphatic heterocycles. The smallest absolute Gasteiger partial charge is 0.379 e. The van der Waals surface area contributed by atoms with Crippen molar-refractivity contribution in [1.82, 2.24) is 0 Å². The molecule has 0 radical (unpaired) electrons. The summed E-state index contributed by atoms with van der Waals surface area (Å²) in [6, 6.07) is 16.2. The van der Waals surface area contributed by atoms with E-state index in [4.69, 9.17) is 0 Å². The molecule has 3 aromatic carbocycles. The Morgan fingerprint density at radius 2 is 1.56 bits per heavy atom. The predicted molar refractivity (Wildman–Crippen MR) is 121 cm³/mol. The Kier molecular flexibility index (Phi) is 7.46. The normalized spacial score (nSPS) is 10.9. The summed E-state index contributed by atoms with van der Waals surface area (Å²) in [6.45, 7) is 0.131. The second-order valence-electron chi connectivity index (χ2n) is 7.11. The third-order valence-corrected chi connectivity index (χ3v) is 4.62. The predicted octanol–water partition coefficient (Wildman–Crippen LogP) is 5.31. The number of benzene rings is 3. The molecule has 0 bridgehead atoms. The van der Waals surface area contributed by atoms with Gasteiger partial charge in [0, 0.05) is 36.0 Å².